The van der Waals surface area contributed by atoms with Gasteiger partial charge in [-0.1, -0.05) is 0 Å². The average molecular weight is 192 g/mol. The lowest BCUT2D eigenvalue weighted by atomic mass is 9.85. The van der Waals surface area contributed by atoms with Crippen LogP contribution in [-0.2, 0) is 9.59 Å². The number of isocyanates is 2. The Balaban J connectivity index is 2.03. The van der Waals surface area contributed by atoms with E-state index in [0.29, 0.717) is 24.3 Å². The molecule has 0 spiro atoms. The van der Waals surface area contributed by atoms with Crippen LogP contribution in [0.1, 0.15) is 19.3 Å². The molecule has 0 aromatic heterocycles. The number of nitrogens with zero attached hydrogens (tertiary/aromatic N) is 2. The van der Waals surface area contributed by atoms with Crippen LogP contribution in [0.5, 0.6) is 0 Å². The van der Waals surface area contributed by atoms with E-state index in [1.165, 1.54) is 0 Å². The van der Waals surface area contributed by atoms with Gasteiger partial charge in [-0.25, -0.2) is 19.6 Å². The van der Waals surface area contributed by atoms with Gasteiger partial charge in [-0.15, -0.1) is 0 Å². The van der Waals surface area contributed by atoms with Gasteiger partial charge >= 0.3 is 0 Å². The van der Waals surface area contributed by atoms with Crippen molar-refractivity contribution in [2.24, 2.45) is 27.7 Å². The van der Waals surface area contributed by atoms with Gasteiger partial charge in [0, 0.05) is 0 Å². The first-order valence-electron chi connectivity index (χ1n) is 4.95. The first-order chi connectivity index (χ1) is 6.85. The Labute approximate surface area is 82.1 Å². The fraction of sp³-hybridized carbons (Fsp3) is 0.800. The van der Waals surface area contributed by atoms with E-state index in [0.717, 1.165) is 19.3 Å². The van der Waals surface area contributed by atoms with Crippen molar-refractivity contribution in [2.75, 3.05) is 6.54 Å². The molecule has 0 amide bonds. The molecule has 0 heterocycles. The second kappa shape index (κ2) is 3.87. The van der Waals surface area contributed by atoms with Gasteiger partial charge < -0.3 is 0 Å². The predicted octanol–water partition coefficient (Wildman–Crippen LogP) is 1.07. The van der Waals surface area contributed by atoms with Crippen LogP contribution in [0.25, 0.3) is 0 Å². The molecule has 2 aliphatic carbocycles. The Bertz CT molecular complexity index is 314. The summed E-state index contributed by atoms with van der Waals surface area (Å²) in [6.07, 6.45) is 6.48. The van der Waals surface area contributed by atoms with E-state index in [1.807, 2.05) is 0 Å². The number of hydrogen-bond donors (Lipinski definition) is 0. The standard InChI is InChI=1S/C10H12N2O2/c13-5-11-4-8-1-7-2-9(8)10(3-7)12-6-14/h7-10H,1-4H2. The van der Waals surface area contributed by atoms with Gasteiger partial charge in [0.15, 0.2) is 0 Å². The van der Waals surface area contributed by atoms with Crippen molar-refractivity contribution in [1.82, 2.24) is 0 Å². The quantitative estimate of drug-likeness (QED) is 0.496. The van der Waals surface area contributed by atoms with E-state index in [2.05, 4.69) is 9.98 Å². The highest BCUT2D eigenvalue weighted by Gasteiger charge is 2.46. The summed E-state index contributed by atoms with van der Waals surface area (Å²) in [5.74, 6) is 1.55. The van der Waals surface area contributed by atoms with Gasteiger partial charge in [-0.3, -0.25) is 0 Å². The molecule has 0 N–H and O–H groups in total. The van der Waals surface area contributed by atoms with Crippen LogP contribution in [0.3, 0.4) is 0 Å². The van der Waals surface area contributed by atoms with Gasteiger partial charge in [0.25, 0.3) is 0 Å². The minimum atomic E-state index is 0.137. The Kier molecular flexibility index (Phi) is 2.58. The molecule has 2 saturated carbocycles. The van der Waals surface area contributed by atoms with E-state index in [1.54, 1.807) is 12.2 Å². The van der Waals surface area contributed by atoms with Crippen molar-refractivity contribution in [3.8, 4) is 0 Å². The smallest absolute Gasteiger partial charge is 0.211 e. The SMILES string of the molecule is O=C=NCC1CC2CC(N=C=O)C1C2. The molecule has 2 aliphatic rings. The molecule has 2 bridgehead atoms. The molecule has 4 atom stereocenters. The third-order valence-corrected chi connectivity index (χ3v) is 3.53. The number of hydrogen-bond acceptors (Lipinski definition) is 4. The first kappa shape index (κ1) is 9.32. The minimum absolute atomic E-state index is 0.137. The van der Waals surface area contributed by atoms with E-state index >= 15 is 0 Å². The predicted molar refractivity (Wildman–Crippen MR) is 49.2 cm³/mol. The number of carbonyl (C=O) groups excluding carboxylic acids is 2. The molecule has 0 radical (unpaired) electrons. The minimum Gasteiger partial charge on any atom is -0.211 e. The Morgan fingerprint density at radius 3 is 2.64 bits per heavy atom. The lowest BCUT2D eigenvalue weighted by Gasteiger charge is -2.23. The van der Waals surface area contributed by atoms with Crippen molar-refractivity contribution >= 4 is 12.2 Å². The molecule has 14 heavy (non-hydrogen) atoms. The molecule has 0 aliphatic heterocycles. The largest absolute Gasteiger partial charge is 0.235 e. The zero-order chi connectivity index (χ0) is 9.97. The summed E-state index contributed by atoms with van der Waals surface area (Å²) in [6, 6.07) is 0.137. The number of aliphatic imine (C=N–C) groups is 2. The Morgan fingerprint density at radius 2 is 2.00 bits per heavy atom. The third kappa shape index (κ3) is 1.54. The van der Waals surface area contributed by atoms with Crippen molar-refractivity contribution in [3.05, 3.63) is 0 Å². The van der Waals surface area contributed by atoms with Crippen molar-refractivity contribution in [1.29, 1.82) is 0 Å². The molecule has 2 fully saturated rings. The maximum atomic E-state index is 10.2. The molecule has 0 aromatic rings. The second-order valence-electron chi connectivity index (χ2n) is 4.22. The highest BCUT2D eigenvalue weighted by Crippen LogP contribution is 2.49. The lowest BCUT2D eigenvalue weighted by molar-refractivity contribution is 0.304. The zero-order valence-corrected chi connectivity index (χ0v) is 7.85. The summed E-state index contributed by atoms with van der Waals surface area (Å²) in [4.78, 5) is 27.6. The molecule has 4 nitrogen and oxygen atoms in total. The van der Waals surface area contributed by atoms with Gasteiger partial charge in [0.2, 0.25) is 12.2 Å². The van der Waals surface area contributed by atoms with Crippen LogP contribution in [-0.4, -0.2) is 24.7 Å². The third-order valence-electron chi connectivity index (χ3n) is 3.53. The van der Waals surface area contributed by atoms with E-state index in [4.69, 9.17) is 0 Å². The Morgan fingerprint density at radius 1 is 1.14 bits per heavy atom. The first-order valence-corrected chi connectivity index (χ1v) is 4.95. The Hall–Kier alpha value is -1.24. The lowest BCUT2D eigenvalue weighted by Crippen LogP contribution is -2.25. The van der Waals surface area contributed by atoms with Gasteiger partial charge in [-0.2, -0.15) is 0 Å². The number of rotatable bonds is 3. The average Bonchev–Trinajstić information content (AvgIpc) is 2.74. The maximum absolute atomic E-state index is 10.2. The van der Waals surface area contributed by atoms with E-state index in [-0.39, 0.29) is 6.04 Å². The van der Waals surface area contributed by atoms with Gasteiger partial charge in [0.05, 0.1) is 12.6 Å². The molecule has 2 rings (SSSR count). The van der Waals surface area contributed by atoms with Crippen LogP contribution in [0.2, 0.25) is 0 Å². The topological polar surface area (TPSA) is 58.9 Å². The number of fused-ring (bicyclic) bond motifs is 2. The van der Waals surface area contributed by atoms with Crippen LogP contribution in [0.15, 0.2) is 9.98 Å². The van der Waals surface area contributed by atoms with Gasteiger partial charge in [0.1, 0.15) is 0 Å². The second-order valence-corrected chi connectivity index (χ2v) is 4.22. The molecule has 0 saturated heterocycles. The fourth-order valence-electron chi connectivity index (χ4n) is 3.04. The van der Waals surface area contributed by atoms with Crippen molar-refractivity contribution in [2.45, 2.75) is 25.3 Å². The molecular weight excluding hydrogens is 180 g/mol. The molecule has 0 aromatic carbocycles. The molecular formula is C10H12N2O2. The van der Waals surface area contributed by atoms with Crippen LogP contribution < -0.4 is 0 Å². The highest BCUT2D eigenvalue weighted by molar-refractivity contribution is 5.34. The molecule has 4 heteroatoms. The zero-order valence-electron chi connectivity index (χ0n) is 7.85. The fourth-order valence-corrected chi connectivity index (χ4v) is 3.04. The van der Waals surface area contributed by atoms with Crippen molar-refractivity contribution < 1.29 is 9.59 Å². The summed E-state index contributed by atoms with van der Waals surface area (Å²) < 4.78 is 0. The van der Waals surface area contributed by atoms with E-state index in [9.17, 15) is 9.59 Å². The normalized spacial score (nSPS) is 38.9. The van der Waals surface area contributed by atoms with E-state index < -0.39 is 0 Å². The van der Waals surface area contributed by atoms with Crippen molar-refractivity contribution in [3.63, 3.8) is 0 Å². The molecule has 4 unspecified atom stereocenters. The monoisotopic (exact) mass is 192 g/mol. The van der Waals surface area contributed by atoms with Crippen LogP contribution in [0, 0.1) is 17.8 Å². The maximum Gasteiger partial charge on any atom is 0.235 e. The summed E-state index contributed by atoms with van der Waals surface area (Å²) >= 11 is 0. The summed E-state index contributed by atoms with van der Waals surface area (Å²) in [7, 11) is 0. The summed E-state index contributed by atoms with van der Waals surface area (Å²) in [5.41, 5.74) is 0. The van der Waals surface area contributed by atoms with Gasteiger partial charge in [-0.05, 0) is 37.0 Å². The highest BCUT2D eigenvalue weighted by atomic mass is 16.1. The van der Waals surface area contributed by atoms with Crippen LogP contribution >= 0.6 is 0 Å². The summed E-state index contributed by atoms with van der Waals surface area (Å²) in [5, 5.41) is 0. The molecule has 74 valence electrons. The van der Waals surface area contributed by atoms with Crippen LogP contribution in [0.4, 0.5) is 0 Å². The summed E-state index contributed by atoms with van der Waals surface area (Å²) in [6.45, 7) is 0.551.